The predicted octanol–water partition coefficient (Wildman–Crippen LogP) is -1.85. The zero-order valence-corrected chi connectivity index (χ0v) is 2.36. The van der Waals surface area contributed by atoms with Gasteiger partial charge in [-0.2, -0.15) is 0 Å². The number of hydrogen-bond acceptors (Lipinski definition) is 1. The van der Waals surface area contributed by atoms with Gasteiger partial charge in [-0.05, 0) is 0 Å². The molecule has 0 aromatic rings. The molecule has 0 aliphatic rings. The normalized spacial score (nSPS) is 3.57. The molecule has 0 unspecified atom stereocenters. The van der Waals surface area contributed by atoms with E-state index in [0.717, 1.165) is 6.92 Å². The van der Waals surface area contributed by atoms with E-state index in [1.807, 2.05) is 0 Å². The first kappa shape index (κ1) is 22.8. The van der Waals surface area contributed by atoms with Gasteiger partial charge in [-0.1, -0.05) is 0 Å². The molecule has 0 saturated heterocycles. The predicted molar refractivity (Wildman–Crippen MR) is 34.8 cm³/mol. The molecule has 1 N–H and O–H groups in total. The number of rotatable bonds is 0. The Morgan fingerprint density at radius 1 is 1.43 bits per heavy atom. The molecule has 0 saturated carbocycles. The van der Waals surface area contributed by atoms with Crippen molar-refractivity contribution >= 4 is 95.1 Å². The van der Waals surface area contributed by atoms with E-state index in [0.29, 0.717) is 0 Å². The molecule has 30 valence electrons. The van der Waals surface area contributed by atoms with Crippen LogP contribution in [0.15, 0.2) is 0 Å². The molecule has 0 atom stereocenters. The van der Waals surface area contributed by atoms with Gasteiger partial charge in [0.15, 0.2) is 0 Å². The van der Waals surface area contributed by atoms with Crippen molar-refractivity contribution in [1.29, 1.82) is 0 Å². The van der Waals surface area contributed by atoms with Crippen molar-refractivity contribution in [2.75, 3.05) is 0 Å². The molecular weight excluding hydrogens is 109 g/mol. The SMILES string of the molecule is CC(=O)O.[KH].[LiH].[LiH]. The van der Waals surface area contributed by atoms with E-state index in [-0.39, 0.29) is 89.1 Å². The van der Waals surface area contributed by atoms with Gasteiger partial charge in [0.25, 0.3) is 5.97 Å². The average molecular weight is 116 g/mol. The second kappa shape index (κ2) is 15.7. The molecular formula is C2H7KLi2O2. The first-order valence-electron chi connectivity index (χ1n) is 0.928. The average Bonchev–Trinajstić information content (AvgIpc) is 0.811. The van der Waals surface area contributed by atoms with Crippen molar-refractivity contribution in [3.05, 3.63) is 0 Å². The molecule has 0 radical (unpaired) electrons. The second-order valence-electron chi connectivity index (χ2n) is 0.519. The first-order chi connectivity index (χ1) is 1.73. The quantitative estimate of drug-likeness (QED) is 0.377. The summed E-state index contributed by atoms with van der Waals surface area (Å²) >= 11 is 0. The molecule has 5 heteroatoms. The molecule has 7 heavy (non-hydrogen) atoms. The van der Waals surface area contributed by atoms with Crippen LogP contribution >= 0.6 is 0 Å². The van der Waals surface area contributed by atoms with Gasteiger partial charge in [0.05, 0.1) is 0 Å². The van der Waals surface area contributed by atoms with E-state index in [1.165, 1.54) is 0 Å². The summed E-state index contributed by atoms with van der Waals surface area (Å²) in [4.78, 5) is 9.00. The van der Waals surface area contributed by atoms with E-state index in [1.54, 1.807) is 0 Å². The maximum atomic E-state index is 9.00. The van der Waals surface area contributed by atoms with Gasteiger partial charge in [0.2, 0.25) is 0 Å². The van der Waals surface area contributed by atoms with E-state index in [2.05, 4.69) is 0 Å². The molecule has 0 amide bonds. The van der Waals surface area contributed by atoms with Crippen molar-refractivity contribution in [3.63, 3.8) is 0 Å². The van der Waals surface area contributed by atoms with Crippen LogP contribution in [-0.2, 0) is 4.79 Å². The molecule has 0 fully saturated rings. The molecule has 0 aliphatic heterocycles. The van der Waals surface area contributed by atoms with Crippen molar-refractivity contribution in [2.24, 2.45) is 0 Å². The minimum absolute atomic E-state index is 0. The third-order valence-electron chi connectivity index (χ3n) is 0. The topological polar surface area (TPSA) is 37.3 Å². The molecule has 0 spiro atoms. The van der Waals surface area contributed by atoms with Gasteiger partial charge < -0.3 is 5.11 Å². The number of hydrogen-bond donors (Lipinski definition) is 1. The summed E-state index contributed by atoms with van der Waals surface area (Å²) in [5.41, 5.74) is 0. The van der Waals surface area contributed by atoms with Crippen LogP contribution in [0.1, 0.15) is 6.92 Å². The van der Waals surface area contributed by atoms with Gasteiger partial charge >= 0.3 is 89.1 Å². The van der Waals surface area contributed by atoms with E-state index >= 15 is 0 Å². The molecule has 0 bridgehead atoms. The first-order valence-corrected chi connectivity index (χ1v) is 0.928. The molecule has 2 nitrogen and oxygen atoms in total. The molecule has 0 aromatic carbocycles. The zero-order chi connectivity index (χ0) is 3.58. The summed E-state index contributed by atoms with van der Waals surface area (Å²) in [5.74, 6) is -0.833. The Hall–Kier alpha value is 2.30. The Labute approximate surface area is 110 Å². The van der Waals surface area contributed by atoms with E-state index < -0.39 is 5.97 Å². The van der Waals surface area contributed by atoms with Crippen LogP contribution in [0.5, 0.6) is 0 Å². The summed E-state index contributed by atoms with van der Waals surface area (Å²) in [6, 6.07) is 0. The van der Waals surface area contributed by atoms with Crippen molar-refractivity contribution in [1.82, 2.24) is 0 Å². The molecule has 0 heterocycles. The van der Waals surface area contributed by atoms with E-state index in [9.17, 15) is 0 Å². The zero-order valence-electron chi connectivity index (χ0n) is 2.36. The Balaban J connectivity index is -0.0000000150. The summed E-state index contributed by atoms with van der Waals surface area (Å²) < 4.78 is 0. The van der Waals surface area contributed by atoms with Crippen LogP contribution in [0, 0.1) is 0 Å². The summed E-state index contributed by atoms with van der Waals surface area (Å²) in [6.07, 6.45) is 0. The fourth-order valence-corrected chi connectivity index (χ4v) is 0. The minimum atomic E-state index is -0.833. The van der Waals surface area contributed by atoms with Crippen molar-refractivity contribution in [2.45, 2.75) is 6.92 Å². The van der Waals surface area contributed by atoms with E-state index in [4.69, 9.17) is 9.90 Å². The summed E-state index contributed by atoms with van der Waals surface area (Å²) in [5, 5.41) is 7.42. The Morgan fingerprint density at radius 2 is 1.43 bits per heavy atom. The van der Waals surface area contributed by atoms with Crippen LogP contribution < -0.4 is 0 Å². The van der Waals surface area contributed by atoms with Gasteiger partial charge in [0, 0.05) is 6.92 Å². The van der Waals surface area contributed by atoms with Crippen LogP contribution in [0.4, 0.5) is 0 Å². The molecule has 0 aliphatic carbocycles. The maximum absolute atomic E-state index is 9.00. The fraction of sp³-hybridized carbons (Fsp3) is 0.500. The van der Waals surface area contributed by atoms with Crippen LogP contribution in [0.25, 0.3) is 0 Å². The second-order valence-corrected chi connectivity index (χ2v) is 0.519. The Kier molecular flexibility index (Phi) is 51.3. The third-order valence-corrected chi connectivity index (χ3v) is 0. The number of aliphatic carboxylic acids is 1. The van der Waals surface area contributed by atoms with Gasteiger partial charge in [-0.25, -0.2) is 0 Å². The molecule has 0 aromatic heterocycles. The van der Waals surface area contributed by atoms with Gasteiger partial charge in [-0.15, -0.1) is 0 Å². The molecule has 0 rings (SSSR count). The van der Waals surface area contributed by atoms with Crippen molar-refractivity contribution < 1.29 is 9.90 Å². The summed E-state index contributed by atoms with van der Waals surface area (Å²) in [6.45, 7) is 1.08. The van der Waals surface area contributed by atoms with Crippen LogP contribution in [-0.4, -0.2) is 100 Å². The van der Waals surface area contributed by atoms with Crippen molar-refractivity contribution in [3.8, 4) is 0 Å². The number of carboxylic acid groups (broad SMARTS) is 1. The number of carbonyl (C=O) groups is 1. The standard InChI is InChI=1S/C2H4O2.K.2Li.3H/c1-2(3)4;;;;;;/h1H3,(H,3,4);;;;;;. The van der Waals surface area contributed by atoms with Crippen LogP contribution in [0.3, 0.4) is 0 Å². The van der Waals surface area contributed by atoms with Gasteiger partial charge in [0.1, 0.15) is 0 Å². The fourth-order valence-electron chi connectivity index (χ4n) is 0. The van der Waals surface area contributed by atoms with Crippen LogP contribution in [0.2, 0.25) is 0 Å². The Morgan fingerprint density at radius 3 is 1.43 bits per heavy atom. The monoisotopic (exact) mass is 116 g/mol. The number of carboxylic acids is 1. The summed E-state index contributed by atoms with van der Waals surface area (Å²) in [7, 11) is 0. The van der Waals surface area contributed by atoms with Gasteiger partial charge in [-0.3, -0.25) is 4.79 Å². The Bertz CT molecular complexity index is 36.7. The third kappa shape index (κ3) is 62.2.